The molecule has 0 radical (unpaired) electrons. The van der Waals surface area contributed by atoms with Crippen molar-refractivity contribution in [1.29, 1.82) is 0 Å². The van der Waals surface area contributed by atoms with Crippen molar-refractivity contribution in [3.05, 3.63) is 18.4 Å². The first-order valence-corrected chi connectivity index (χ1v) is 2.45. The number of nitrogens with two attached hydrogens (primary N) is 1. The maximum absolute atomic E-state index is 10.2. The van der Waals surface area contributed by atoms with E-state index in [-0.39, 0.29) is 6.42 Å². The summed E-state index contributed by atoms with van der Waals surface area (Å²) in [6, 6.07) is 0. The lowest BCUT2D eigenvalue weighted by molar-refractivity contribution is -0.117. The standard InChI is InChI=1S/C5H6N2O2/c6-4(8)3-5-7-1-2-9-5/h1-2H,3H2,(H2,6,8). The minimum atomic E-state index is -0.433. The number of hydrogen-bond donors (Lipinski definition) is 1. The molecule has 1 rings (SSSR count). The van der Waals surface area contributed by atoms with Crippen LogP contribution in [0, 0.1) is 0 Å². The molecule has 2 N–H and O–H groups in total. The van der Waals surface area contributed by atoms with E-state index in [0.717, 1.165) is 0 Å². The van der Waals surface area contributed by atoms with E-state index in [1.54, 1.807) is 0 Å². The number of primary amides is 1. The van der Waals surface area contributed by atoms with Gasteiger partial charge in [0.1, 0.15) is 12.7 Å². The van der Waals surface area contributed by atoms with E-state index in [2.05, 4.69) is 4.98 Å². The first-order valence-electron chi connectivity index (χ1n) is 2.45. The number of carbonyl (C=O) groups is 1. The van der Waals surface area contributed by atoms with Crippen LogP contribution in [0.1, 0.15) is 5.89 Å². The topological polar surface area (TPSA) is 69.1 Å². The molecule has 1 aromatic heterocycles. The van der Waals surface area contributed by atoms with E-state index in [4.69, 9.17) is 10.2 Å². The third-order valence-electron chi connectivity index (χ3n) is 0.809. The summed E-state index contributed by atoms with van der Waals surface area (Å²) in [6.07, 6.45) is 2.95. The van der Waals surface area contributed by atoms with Crippen LogP contribution in [0.4, 0.5) is 0 Å². The van der Waals surface area contributed by atoms with Gasteiger partial charge in [0, 0.05) is 0 Å². The van der Waals surface area contributed by atoms with Gasteiger partial charge in [-0.2, -0.15) is 0 Å². The zero-order valence-electron chi connectivity index (χ0n) is 4.70. The molecule has 1 heterocycles. The Morgan fingerprint density at radius 2 is 2.67 bits per heavy atom. The van der Waals surface area contributed by atoms with E-state index in [1.807, 2.05) is 0 Å². The molecule has 0 aliphatic rings. The quantitative estimate of drug-likeness (QED) is 0.591. The average molecular weight is 126 g/mol. The van der Waals surface area contributed by atoms with Gasteiger partial charge in [0.05, 0.1) is 6.20 Å². The van der Waals surface area contributed by atoms with Gasteiger partial charge < -0.3 is 10.2 Å². The predicted molar refractivity (Wildman–Crippen MR) is 29.4 cm³/mol. The molecular formula is C5H6N2O2. The molecular weight excluding hydrogens is 120 g/mol. The number of carbonyl (C=O) groups excluding carboxylic acids is 1. The van der Waals surface area contributed by atoms with Crippen LogP contribution in [0.5, 0.6) is 0 Å². The fourth-order valence-corrected chi connectivity index (χ4v) is 0.489. The Balaban J connectivity index is 2.58. The first kappa shape index (κ1) is 5.81. The number of rotatable bonds is 2. The molecule has 0 bridgehead atoms. The van der Waals surface area contributed by atoms with Crippen LogP contribution < -0.4 is 5.73 Å². The van der Waals surface area contributed by atoms with Gasteiger partial charge in [0.2, 0.25) is 11.8 Å². The first-order chi connectivity index (χ1) is 4.29. The average Bonchev–Trinajstić information content (AvgIpc) is 2.15. The normalized spacial score (nSPS) is 9.33. The minimum absolute atomic E-state index is 0.0764. The molecule has 0 aliphatic carbocycles. The fraction of sp³-hybridized carbons (Fsp3) is 0.200. The Hall–Kier alpha value is -1.32. The van der Waals surface area contributed by atoms with Gasteiger partial charge in [-0.25, -0.2) is 4.98 Å². The zero-order chi connectivity index (χ0) is 6.69. The summed E-state index contributed by atoms with van der Waals surface area (Å²) in [4.78, 5) is 13.9. The Morgan fingerprint density at radius 1 is 1.89 bits per heavy atom. The molecule has 0 unspecified atom stereocenters. The molecule has 0 fully saturated rings. The maximum Gasteiger partial charge on any atom is 0.226 e. The van der Waals surface area contributed by atoms with Gasteiger partial charge >= 0.3 is 0 Å². The molecule has 1 amide bonds. The maximum atomic E-state index is 10.2. The highest BCUT2D eigenvalue weighted by molar-refractivity contribution is 5.75. The van der Waals surface area contributed by atoms with Gasteiger partial charge in [-0.15, -0.1) is 0 Å². The highest BCUT2D eigenvalue weighted by Crippen LogP contribution is 1.93. The zero-order valence-corrected chi connectivity index (χ0v) is 4.70. The summed E-state index contributed by atoms with van der Waals surface area (Å²) in [5.41, 5.74) is 4.84. The Bertz CT molecular complexity index is 193. The summed E-state index contributed by atoms with van der Waals surface area (Å²) in [6.45, 7) is 0. The van der Waals surface area contributed by atoms with Crippen LogP contribution in [0.3, 0.4) is 0 Å². The van der Waals surface area contributed by atoms with Crippen molar-refractivity contribution in [2.75, 3.05) is 0 Å². The second-order valence-electron chi connectivity index (χ2n) is 1.57. The van der Waals surface area contributed by atoms with E-state index in [0.29, 0.717) is 5.89 Å². The number of aromatic nitrogens is 1. The van der Waals surface area contributed by atoms with E-state index in [1.165, 1.54) is 12.5 Å². The SMILES string of the molecule is NC(=O)Cc1ncco1. The second kappa shape index (κ2) is 2.30. The van der Waals surface area contributed by atoms with E-state index >= 15 is 0 Å². The molecule has 0 aromatic carbocycles. The smallest absolute Gasteiger partial charge is 0.226 e. The lowest BCUT2D eigenvalue weighted by Gasteiger charge is -1.84. The predicted octanol–water partition coefficient (Wildman–Crippen LogP) is -0.298. The summed E-state index contributed by atoms with van der Waals surface area (Å²) in [7, 11) is 0. The molecule has 0 saturated carbocycles. The van der Waals surface area contributed by atoms with Crippen LogP contribution in [-0.4, -0.2) is 10.9 Å². The van der Waals surface area contributed by atoms with Gasteiger partial charge in [-0.1, -0.05) is 0 Å². The van der Waals surface area contributed by atoms with Crippen LogP contribution in [-0.2, 0) is 11.2 Å². The van der Waals surface area contributed by atoms with Crippen molar-refractivity contribution in [3.63, 3.8) is 0 Å². The molecule has 4 nitrogen and oxygen atoms in total. The molecule has 0 spiro atoms. The van der Waals surface area contributed by atoms with Crippen LogP contribution in [0.15, 0.2) is 16.9 Å². The Kier molecular flexibility index (Phi) is 1.48. The number of oxazole rings is 1. The fourth-order valence-electron chi connectivity index (χ4n) is 0.489. The molecule has 4 heteroatoms. The van der Waals surface area contributed by atoms with Crippen molar-refractivity contribution >= 4 is 5.91 Å². The second-order valence-corrected chi connectivity index (χ2v) is 1.57. The van der Waals surface area contributed by atoms with Crippen LogP contribution >= 0.6 is 0 Å². The van der Waals surface area contributed by atoms with E-state index in [9.17, 15) is 4.79 Å². The van der Waals surface area contributed by atoms with Crippen molar-refractivity contribution in [3.8, 4) is 0 Å². The third-order valence-corrected chi connectivity index (χ3v) is 0.809. The molecule has 0 atom stereocenters. The van der Waals surface area contributed by atoms with Crippen LogP contribution in [0.2, 0.25) is 0 Å². The lowest BCUT2D eigenvalue weighted by Crippen LogP contribution is -2.13. The highest BCUT2D eigenvalue weighted by Gasteiger charge is 1.99. The lowest BCUT2D eigenvalue weighted by atomic mass is 10.4. The minimum Gasteiger partial charge on any atom is -0.448 e. The van der Waals surface area contributed by atoms with Gasteiger partial charge in [-0.3, -0.25) is 4.79 Å². The third kappa shape index (κ3) is 1.56. The van der Waals surface area contributed by atoms with Gasteiger partial charge in [0.25, 0.3) is 0 Å². The highest BCUT2D eigenvalue weighted by atomic mass is 16.3. The van der Waals surface area contributed by atoms with Gasteiger partial charge in [0.15, 0.2) is 0 Å². The van der Waals surface area contributed by atoms with Crippen molar-refractivity contribution in [2.24, 2.45) is 5.73 Å². The Morgan fingerprint density at radius 3 is 3.11 bits per heavy atom. The van der Waals surface area contributed by atoms with E-state index < -0.39 is 5.91 Å². The van der Waals surface area contributed by atoms with Crippen LogP contribution in [0.25, 0.3) is 0 Å². The summed E-state index contributed by atoms with van der Waals surface area (Å²) in [5, 5.41) is 0. The number of nitrogens with zero attached hydrogens (tertiary/aromatic N) is 1. The Labute approximate surface area is 51.7 Å². The van der Waals surface area contributed by atoms with Gasteiger partial charge in [-0.05, 0) is 0 Å². The van der Waals surface area contributed by atoms with Crippen molar-refractivity contribution in [1.82, 2.24) is 4.98 Å². The molecule has 0 aliphatic heterocycles. The summed E-state index contributed by atoms with van der Waals surface area (Å²) < 4.78 is 4.73. The largest absolute Gasteiger partial charge is 0.448 e. The molecule has 1 aromatic rings. The van der Waals surface area contributed by atoms with Crippen molar-refractivity contribution < 1.29 is 9.21 Å². The summed E-state index contributed by atoms with van der Waals surface area (Å²) in [5.74, 6) is -0.0695. The molecule has 0 saturated heterocycles. The summed E-state index contributed by atoms with van der Waals surface area (Å²) >= 11 is 0. The monoisotopic (exact) mass is 126 g/mol. The number of amides is 1. The van der Waals surface area contributed by atoms with Crippen molar-refractivity contribution in [2.45, 2.75) is 6.42 Å². The molecule has 48 valence electrons. The molecule has 9 heavy (non-hydrogen) atoms. The number of hydrogen-bond acceptors (Lipinski definition) is 3.